The van der Waals surface area contributed by atoms with Crippen LogP contribution in [0.3, 0.4) is 0 Å². The van der Waals surface area contributed by atoms with E-state index in [1.807, 2.05) is 31.2 Å². The first-order chi connectivity index (χ1) is 13.6. The van der Waals surface area contributed by atoms with Gasteiger partial charge in [0.2, 0.25) is 0 Å². The first kappa shape index (κ1) is 18.8. The van der Waals surface area contributed by atoms with E-state index in [4.69, 9.17) is 14.1 Å². The number of nitrogens with zero attached hydrogens (tertiary/aromatic N) is 2. The third-order valence-corrected chi connectivity index (χ3v) is 6.04. The number of ether oxygens (including phenoxy) is 1. The van der Waals surface area contributed by atoms with Crippen LogP contribution in [-0.2, 0) is 17.0 Å². The van der Waals surface area contributed by atoms with Crippen LogP contribution < -0.4 is 5.63 Å². The zero-order chi connectivity index (χ0) is 19.7. The van der Waals surface area contributed by atoms with Crippen LogP contribution in [0.1, 0.15) is 17.0 Å². The average molecular weight is 394 g/mol. The highest BCUT2D eigenvalue weighted by Gasteiger charge is 2.14. The van der Waals surface area contributed by atoms with Gasteiger partial charge in [0.15, 0.2) is 5.16 Å². The molecule has 0 atom stereocenters. The number of hydrogen-bond donors (Lipinski definition) is 0. The molecule has 2 heterocycles. The molecule has 2 aromatic heterocycles. The van der Waals surface area contributed by atoms with Crippen molar-refractivity contribution in [1.29, 1.82) is 0 Å². The Morgan fingerprint density at radius 3 is 2.82 bits per heavy atom. The molecule has 4 rings (SSSR count). The Morgan fingerprint density at radius 2 is 2.00 bits per heavy atom. The monoisotopic (exact) mass is 394 g/mol. The van der Waals surface area contributed by atoms with Crippen LogP contribution in [0, 0.1) is 13.8 Å². The van der Waals surface area contributed by atoms with Gasteiger partial charge in [-0.1, -0.05) is 42.1 Å². The van der Waals surface area contributed by atoms with Crippen LogP contribution in [0.2, 0.25) is 0 Å². The van der Waals surface area contributed by atoms with Crippen LogP contribution in [0.15, 0.2) is 56.8 Å². The van der Waals surface area contributed by atoms with E-state index in [1.165, 1.54) is 0 Å². The standard InChI is InChI=1S/C22H22N2O3S/c1-14-15(2)24(10-11-26-3)22(23-14)28-13-17-12-20(25)27-19-9-8-16-6-4-5-7-18(16)21(17)19/h4-9,12H,10-11,13H2,1-3H3. The molecule has 0 spiro atoms. The molecule has 0 saturated heterocycles. The van der Waals surface area contributed by atoms with Gasteiger partial charge in [-0.15, -0.1) is 0 Å². The van der Waals surface area contributed by atoms with Crippen LogP contribution in [0.5, 0.6) is 0 Å². The van der Waals surface area contributed by atoms with Crippen molar-refractivity contribution in [2.45, 2.75) is 31.3 Å². The highest BCUT2D eigenvalue weighted by atomic mass is 32.2. The number of thioether (sulfide) groups is 1. The summed E-state index contributed by atoms with van der Waals surface area (Å²) in [7, 11) is 1.70. The molecule has 0 amide bonds. The van der Waals surface area contributed by atoms with E-state index >= 15 is 0 Å². The number of aryl methyl sites for hydroxylation is 1. The summed E-state index contributed by atoms with van der Waals surface area (Å²) in [6, 6.07) is 13.6. The van der Waals surface area contributed by atoms with E-state index in [-0.39, 0.29) is 5.63 Å². The summed E-state index contributed by atoms with van der Waals surface area (Å²) in [5.74, 6) is 0.638. The van der Waals surface area contributed by atoms with Gasteiger partial charge >= 0.3 is 5.63 Å². The fraction of sp³-hybridized carbons (Fsp3) is 0.273. The largest absolute Gasteiger partial charge is 0.423 e. The second kappa shape index (κ2) is 7.81. The van der Waals surface area contributed by atoms with E-state index in [9.17, 15) is 4.79 Å². The van der Waals surface area contributed by atoms with Gasteiger partial charge < -0.3 is 13.7 Å². The van der Waals surface area contributed by atoms with E-state index < -0.39 is 0 Å². The molecule has 0 radical (unpaired) electrons. The van der Waals surface area contributed by atoms with E-state index in [2.05, 4.69) is 23.6 Å². The molecule has 4 aromatic rings. The van der Waals surface area contributed by atoms with Gasteiger partial charge in [-0.2, -0.15) is 0 Å². The summed E-state index contributed by atoms with van der Waals surface area (Å²) < 4.78 is 12.9. The summed E-state index contributed by atoms with van der Waals surface area (Å²) in [5.41, 5.74) is 3.42. The van der Waals surface area contributed by atoms with Crippen molar-refractivity contribution in [3.63, 3.8) is 0 Å². The predicted octanol–water partition coefficient (Wildman–Crippen LogP) is 4.70. The lowest BCUT2D eigenvalue weighted by Gasteiger charge is -2.11. The lowest BCUT2D eigenvalue weighted by molar-refractivity contribution is 0.184. The molecule has 144 valence electrons. The van der Waals surface area contributed by atoms with Gasteiger partial charge in [-0.05, 0) is 36.2 Å². The fourth-order valence-electron chi connectivity index (χ4n) is 3.46. The number of methoxy groups -OCH3 is 1. The van der Waals surface area contributed by atoms with Crippen molar-refractivity contribution < 1.29 is 9.15 Å². The second-order valence-electron chi connectivity index (χ2n) is 6.75. The predicted molar refractivity (Wildman–Crippen MR) is 113 cm³/mol. The number of fused-ring (bicyclic) bond motifs is 3. The smallest absolute Gasteiger partial charge is 0.336 e. The molecule has 2 aromatic carbocycles. The number of rotatable bonds is 6. The highest BCUT2D eigenvalue weighted by molar-refractivity contribution is 7.98. The normalized spacial score (nSPS) is 11.5. The molecule has 0 bridgehead atoms. The van der Waals surface area contributed by atoms with Crippen molar-refractivity contribution in [2.75, 3.05) is 13.7 Å². The summed E-state index contributed by atoms with van der Waals surface area (Å²) in [5, 5.41) is 4.15. The van der Waals surface area contributed by atoms with E-state index in [0.717, 1.165) is 44.8 Å². The maximum absolute atomic E-state index is 12.1. The molecule has 0 saturated carbocycles. The van der Waals surface area contributed by atoms with Gasteiger partial charge in [0, 0.05) is 36.6 Å². The molecule has 0 unspecified atom stereocenters. The second-order valence-corrected chi connectivity index (χ2v) is 7.69. The number of aromatic nitrogens is 2. The zero-order valence-corrected chi connectivity index (χ0v) is 17.0. The third kappa shape index (κ3) is 3.45. The zero-order valence-electron chi connectivity index (χ0n) is 16.2. The van der Waals surface area contributed by atoms with Gasteiger partial charge in [0.1, 0.15) is 5.58 Å². The molecule has 0 fully saturated rings. The summed E-state index contributed by atoms with van der Waals surface area (Å²) in [6.45, 7) is 5.48. The Kier molecular flexibility index (Phi) is 5.24. The quantitative estimate of drug-likeness (QED) is 0.270. The first-order valence-corrected chi connectivity index (χ1v) is 10.2. The Hall–Kier alpha value is -2.57. The molecule has 6 heteroatoms. The van der Waals surface area contributed by atoms with Crippen LogP contribution in [-0.4, -0.2) is 23.3 Å². The highest BCUT2D eigenvalue weighted by Crippen LogP contribution is 2.31. The molecule has 0 aliphatic rings. The summed E-state index contributed by atoms with van der Waals surface area (Å²) in [4.78, 5) is 16.8. The minimum Gasteiger partial charge on any atom is -0.423 e. The minimum absolute atomic E-state index is 0.325. The number of imidazole rings is 1. The summed E-state index contributed by atoms with van der Waals surface area (Å²) in [6.07, 6.45) is 0. The molecule has 0 aliphatic carbocycles. The third-order valence-electron chi connectivity index (χ3n) is 5.01. The van der Waals surface area contributed by atoms with E-state index in [0.29, 0.717) is 17.9 Å². The number of benzene rings is 2. The SMILES string of the molecule is COCCn1c(SCc2cc(=O)oc3ccc4ccccc4c23)nc(C)c1C. The first-order valence-electron chi connectivity index (χ1n) is 9.18. The Labute approximate surface area is 167 Å². The van der Waals surface area contributed by atoms with Gasteiger partial charge in [0.05, 0.1) is 12.3 Å². The molecular weight excluding hydrogens is 372 g/mol. The lowest BCUT2D eigenvalue weighted by atomic mass is 10.0. The van der Waals surface area contributed by atoms with Crippen LogP contribution in [0.4, 0.5) is 0 Å². The molecule has 5 nitrogen and oxygen atoms in total. The molecule has 28 heavy (non-hydrogen) atoms. The Balaban J connectivity index is 1.76. The van der Waals surface area contributed by atoms with Gasteiger partial charge in [-0.3, -0.25) is 0 Å². The van der Waals surface area contributed by atoms with Crippen molar-refractivity contribution in [2.24, 2.45) is 0 Å². The van der Waals surface area contributed by atoms with Crippen LogP contribution in [0.25, 0.3) is 21.7 Å². The van der Waals surface area contributed by atoms with Crippen molar-refractivity contribution >= 4 is 33.5 Å². The Morgan fingerprint density at radius 1 is 1.18 bits per heavy atom. The maximum Gasteiger partial charge on any atom is 0.336 e. The van der Waals surface area contributed by atoms with Crippen molar-refractivity contribution in [3.05, 3.63) is 69.8 Å². The van der Waals surface area contributed by atoms with E-state index in [1.54, 1.807) is 24.9 Å². The molecule has 0 N–H and O–H groups in total. The minimum atomic E-state index is -0.325. The van der Waals surface area contributed by atoms with Gasteiger partial charge in [-0.25, -0.2) is 9.78 Å². The lowest BCUT2D eigenvalue weighted by Crippen LogP contribution is -2.07. The Bertz CT molecular complexity index is 1210. The summed E-state index contributed by atoms with van der Waals surface area (Å²) >= 11 is 1.63. The van der Waals surface area contributed by atoms with Gasteiger partial charge in [0.25, 0.3) is 0 Å². The molecular formula is C22H22N2O3S. The fourth-order valence-corrected chi connectivity index (χ4v) is 4.55. The van der Waals surface area contributed by atoms with Crippen LogP contribution >= 0.6 is 11.8 Å². The average Bonchev–Trinajstić information content (AvgIpc) is 2.97. The maximum atomic E-state index is 12.1. The number of hydrogen-bond acceptors (Lipinski definition) is 5. The van der Waals surface area contributed by atoms with Crippen molar-refractivity contribution in [1.82, 2.24) is 9.55 Å². The topological polar surface area (TPSA) is 57.3 Å². The van der Waals surface area contributed by atoms with Crippen molar-refractivity contribution in [3.8, 4) is 0 Å². The molecule has 0 aliphatic heterocycles.